The number of Topliss-reactive ketones (excluding diaryl/α,β-unsaturated/α-hetero) is 1. The molecule has 0 saturated heterocycles. The number of carbonyl (C=O) groups is 2. The molecule has 6 nitrogen and oxygen atoms in total. The zero-order valence-corrected chi connectivity index (χ0v) is 16.0. The van der Waals surface area contributed by atoms with Gasteiger partial charge in [-0.05, 0) is 48.0 Å². The molecule has 0 saturated carbocycles. The number of benzene rings is 2. The average Bonchev–Trinajstić information content (AvgIpc) is 3.03. The van der Waals surface area contributed by atoms with Gasteiger partial charge in [0.05, 0.1) is 11.1 Å². The Hall–Kier alpha value is -3.93. The molecule has 0 spiro atoms. The number of esters is 1. The van der Waals surface area contributed by atoms with Crippen LogP contribution in [-0.4, -0.2) is 30.8 Å². The first kappa shape index (κ1) is 18.4. The van der Waals surface area contributed by atoms with Crippen LogP contribution in [-0.2, 0) is 0 Å². The second-order valence-electron chi connectivity index (χ2n) is 6.71. The average molecular weight is 386 g/mol. The van der Waals surface area contributed by atoms with Gasteiger partial charge in [-0.3, -0.25) is 9.78 Å². The normalized spacial score (nSPS) is 13.7. The van der Waals surface area contributed by atoms with Gasteiger partial charge in [-0.2, -0.15) is 0 Å². The number of ketones is 1. The number of anilines is 1. The topological polar surface area (TPSA) is 68.7 Å². The number of rotatable bonds is 4. The zero-order chi connectivity index (χ0) is 20.4. The summed E-state index contributed by atoms with van der Waals surface area (Å²) in [6.45, 7) is 0. The van der Waals surface area contributed by atoms with Crippen molar-refractivity contribution in [1.29, 1.82) is 0 Å². The highest BCUT2D eigenvalue weighted by molar-refractivity contribution is 6.14. The lowest BCUT2D eigenvalue weighted by molar-refractivity contribution is 0.0734. The molecule has 0 amide bonds. The van der Waals surface area contributed by atoms with Crippen LogP contribution in [0.25, 0.3) is 6.08 Å². The molecule has 0 radical (unpaired) electrons. The summed E-state index contributed by atoms with van der Waals surface area (Å²) >= 11 is 0. The van der Waals surface area contributed by atoms with Gasteiger partial charge in [0.1, 0.15) is 11.5 Å². The molecule has 0 bridgehead atoms. The van der Waals surface area contributed by atoms with Crippen LogP contribution in [0.15, 0.2) is 72.8 Å². The summed E-state index contributed by atoms with van der Waals surface area (Å²) < 4.78 is 11.1. The lowest BCUT2D eigenvalue weighted by Gasteiger charge is -2.11. The molecule has 29 heavy (non-hydrogen) atoms. The molecule has 2 aromatic carbocycles. The van der Waals surface area contributed by atoms with Crippen molar-refractivity contribution >= 4 is 23.5 Å². The standard InChI is InChI=1S/C23H18N2O4/c1-25(2)17-5-3-15(4-6-17)13-21-22(26)19-8-7-18(14-20(19)29-21)28-23(27)16-9-11-24-12-10-16/h3-14H,1-2H3/b21-13-. The van der Waals surface area contributed by atoms with Gasteiger partial charge in [0.25, 0.3) is 0 Å². The summed E-state index contributed by atoms with van der Waals surface area (Å²) in [4.78, 5) is 30.7. The molecule has 2 heterocycles. The minimum atomic E-state index is -0.506. The molecule has 1 aliphatic heterocycles. The maximum atomic E-state index is 12.6. The van der Waals surface area contributed by atoms with Crippen LogP contribution >= 0.6 is 0 Å². The quantitative estimate of drug-likeness (QED) is 0.384. The van der Waals surface area contributed by atoms with Crippen molar-refractivity contribution in [3.8, 4) is 11.5 Å². The second-order valence-corrected chi connectivity index (χ2v) is 6.71. The van der Waals surface area contributed by atoms with Gasteiger partial charge in [0.15, 0.2) is 5.76 Å². The Bertz CT molecular complexity index is 1100. The van der Waals surface area contributed by atoms with E-state index in [1.807, 2.05) is 43.3 Å². The van der Waals surface area contributed by atoms with Crippen molar-refractivity contribution in [1.82, 2.24) is 4.98 Å². The first-order chi connectivity index (χ1) is 14.0. The first-order valence-electron chi connectivity index (χ1n) is 8.99. The zero-order valence-electron chi connectivity index (χ0n) is 16.0. The van der Waals surface area contributed by atoms with E-state index in [9.17, 15) is 9.59 Å². The number of ether oxygens (including phenoxy) is 2. The molecular formula is C23H18N2O4. The molecule has 6 heteroatoms. The van der Waals surface area contributed by atoms with Crippen LogP contribution in [0.3, 0.4) is 0 Å². The van der Waals surface area contributed by atoms with Crippen molar-refractivity contribution in [2.45, 2.75) is 0 Å². The van der Waals surface area contributed by atoms with Crippen LogP contribution < -0.4 is 14.4 Å². The van der Waals surface area contributed by atoms with Crippen LogP contribution in [0.5, 0.6) is 11.5 Å². The predicted molar refractivity (Wildman–Crippen MR) is 109 cm³/mol. The Morgan fingerprint density at radius 1 is 1.03 bits per heavy atom. The fraction of sp³-hybridized carbons (Fsp3) is 0.0870. The van der Waals surface area contributed by atoms with Gasteiger partial charge in [0, 0.05) is 38.2 Å². The molecule has 1 aliphatic rings. The summed E-state index contributed by atoms with van der Waals surface area (Å²) in [5.41, 5.74) is 2.75. The number of hydrogen-bond acceptors (Lipinski definition) is 6. The number of allylic oxidation sites excluding steroid dienone is 1. The summed E-state index contributed by atoms with van der Waals surface area (Å²) in [6.07, 6.45) is 4.73. The Balaban J connectivity index is 1.53. The number of aromatic nitrogens is 1. The third-order valence-corrected chi connectivity index (χ3v) is 4.48. The van der Waals surface area contributed by atoms with Crippen molar-refractivity contribution in [2.24, 2.45) is 0 Å². The highest BCUT2D eigenvalue weighted by Crippen LogP contribution is 2.35. The number of hydrogen-bond donors (Lipinski definition) is 0. The lowest BCUT2D eigenvalue weighted by Crippen LogP contribution is -2.08. The maximum absolute atomic E-state index is 12.6. The largest absolute Gasteiger partial charge is 0.452 e. The molecule has 0 N–H and O–H groups in total. The van der Waals surface area contributed by atoms with Crippen LogP contribution in [0.4, 0.5) is 5.69 Å². The van der Waals surface area contributed by atoms with E-state index in [2.05, 4.69) is 4.98 Å². The second kappa shape index (κ2) is 7.59. The monoisotopic (exact) mass is 386 g/mol. The molecule has 144 valence electrons. The Morgan fingerprint density at radius 3 is 2.45 bits per heavy atom. The number of nitrogens with zero attached hydrogens (tertiary/aromatic N) is 2. The molecular weight excluding hydrogens is 368 g/mol. The number of carbonyl (C=O) groups excluding carboxylic acids is 2. The first-order valence-corrected chi connectivity index (χ1v) is 8.99. The fourth-order valence-corrected chi connectivity index (χ4v) is 2.90. The predicted octanol–water partition coefficient (Wildman–Crippen LogP) is 3.98. The number of fused-ring (bicyclic) bond motifs is 1. The summed E-state index contributed by atoms with van der Waals surface area (Å²) in [6, 6.07) is 15.6. The van der Waals surface area contributed by atoms with Gasteiger partial charge in [-0.15, -0.1) is 0 Å². The van der Waals surface area contributed by atoms with Crippen molar-refractivity contribution in [3.05, 3.63) is 89.4 Å². The Morgan fingerprint density at radius 2 is 1.76 bits per heavy atom. The van der Waals surface area contributed by atoms with Crippen molar-refractivity contribution in [2.75, 3.05) is 19.0 Å². The maximum Gasteiger partial charge on any atom is 0.343 e. The Kier molecular flexibility index (Phi) is 4.83. The third-order valence-electron chi connectivity index (χ3n) is 4.48. The highest BCUT2D eigenvalue weighted by atomic mass is 16.5. The van der Waals surface area contributed by atoms with E-state index in [0.29, 0.717) is 22.6 Å². The van der Waals surface area contributed by atoms with Gasteiger partial charge in [-0.1, -0.05) is 12.1 Å². The van der Waals surface area contributed by atoms with E-state index >= 15 is 0 Å². The van der Waals surface area contributed by atoms with E-state index in [4.69, 9.17) is 9.47 Å². The van der Waals surface area contributed by atoms with Crippen LogP contribution in [0.1, 0.15) is 26.3 Å². The van der Waals surface area contributed by atoms with E-state index in [0.717, 1.165) is 11.3 Å². The van der Waals surface area contributed by atoms with Gasteiger partial charge in [-0.25, -0.2) is 4.79 Å². The smallest absolute Gasteiger partial charge is 0.343 e. The molecule has 1 aromatic heterocycles. The van der Waals surface area contributed by atoms with Crippen LogP contribution in [0.2, 0.25) is 0 Å². The van der Waals surface area contributed by atoms with Gasteiger partial charge >= 0.3 is 5.97 Å². The van der Waals surface area contributed by atoms with E-state index < -0.39 is 5.97 Å². The number of pyridine rings is 1. The van der Waals surface area contributed by atoms with Crippen molar-refractivity contribution < 1.29 is 19.1 Å². The van der Waals surface area contributed by atoms with Gasteiger partial charge in [0.2, 0.25) is 5.78 Å². The van der Waals surface area contributed by atoms with E-state index in [1.54, 1.807) is 36.4 Å². The fourth-order valence-electron chi connectivity index (χ4n) is 2.90. The van der Waals surface area contributed by atoms with Crippen molar-refractivity contribution in [3.63, 3.8) is 0 Å². The molecule has 3 aromatic rings. The highest BCUT2D eigenvalue weighted by Gasteiger charge is 2.28. The summed E-state index contributed by atoms with van der Waals surface area (Å²) in [5, 5.41) is 0. The Labute approximate surface area is 168 Å². The molecule has 0 aliphatic carbocycles. The molecule has 0 atom stereocenters. The lowest BCUT2D eigenvalue weighted by atomic mass is 10.1. The minimum Gasteiger partial charge on any atom is -0.452 e. The minimum absolute atomic E-state index is 0.205. The van der Waals surface area contributed by atoms with E-state index in [1.165, 1.54) is 12.4 Å². The molecule has 4 rings (SSSR count). The third kappa shape index (κ3) is 3.87. The SMILES string of the molecule is CN(C)c1ccc(/C=C2\Oc3cc(OC(=O)c4ccncc4)ccc3C2=O)cc1. The molecule has 0 fully saturated rings. The van der Waals surface area contributed by atoms with Crippen LogP contribution in [0, 0.1) is 0 Å². The summed E-state index contributed by atoms with van der Waals surface area (Å²) in [5.74, 6) is 0.188. The molecule has 0 unspecified atom stereocenters. The summed E-state index contributed by atoms with van der Waals surface area (Å²) in [7, 11) is 3.93. The van der Waals surface area contributed by atoms with Gasteiger partial charge < -0.3 is 14.4 Å². The van der Waals surface area contributed by atoms with E-state index in [-0.39, 0.29) is 11.5 Å².